The maximum atomic E-state index is 5.97. The zero-order chi connectivity index (χ0) is 22.6. The van der Waals surface area contributed by atoms with E-state index in [-0.39, 0.29) is 0 Å². The van der Waals surface area contributed by atoms with Gasteiger partial charge >= 0.3 is 0 Å². The van der Waals surface area contributed by atoms with Gasteiger partial charge in [0, 0.05) is 29.2 Å². The van der Waals surface area contributed by atoms with Gasteiger partial charge in [-0.15, -0.1) is 0 Å². The number of rotatable bonds is 8. The van der Waals surface area contributed by atoms with Gasteiger partial charge in [-0.25, -0.2) is 4.98 Å². The second-order valence-corrected chi connectivity index (χ2v) is 9.13. The first kappa shape index (κ1) is 21.2. The van der Waals surface area contributed by atoms with E-state index < -0.39 is 0 Å². The number of nitrogens with one attached hydrogen (secondary N) is 1. The second-order valence-electron chi connectivity index (χ2n) is 8.10. The lowest BCUT2D eigenvalue weighted by Crippen LogP contribution is -2.04. The van der Waals surface area contributed by atoms with E-state index in [4.69, 9.17) is 4.74 Å². The molecule has 5 nitrogen and oxygen atoms in total. The molecule has 2 heterocycles. The molecule has 0 saturated carbocycles. The molecule has 5 aromatic rings. The number of hydrogen-bond donors (Lipinski definition) is 1. The molecule has 5 rings (SSSR count). The summed E-state index contributed by atoms with van der Waals surface area (Å²) in [5.41, 5.74) is 8.89. The van der Waals surface area contributed by atoms with Crippen LogP contribution in [-0.2, 0) is 6.54 Å². The minimum atomic E-state index is 0.678. The average molecular weight is 455 g/mol. The molecule has 0 spiro atoms. The first-order chi connectivity index (χ1) is 16.2. The fraction of sp³-hybridized carbons (Fsp3) is 0.185. The highest BCUT2D eigenvalue weighted by molar-refractivity contribution is 7.22. The molecule has 0 atom stereocenters. The van der Waals surface area contributed by atoms with Crippen molar-refractivity contribution in [1.29, 1.82) is 0 Å². The molecule has 33 heavy (non-hydrogen) atoms. The zero-order valence-electron chi connectivity index (χ0n) is 18.8. The Morgan fingerprint density at radius 1 is 1.03 bits per heavy atom. The van der Waals surface area contributed by atoms with Crippen LogP contribution in [0.1, 0.15) is 23.1 Å². The number of aryl methyl sites for hydroxylation is 3. The molecule has 0 radical (unpaired) electrons. The van der Waals surface area contributed by atoms with Gasteiger partial charge in [-0.05, 0) is 61.7 Å². The van der Waals surface area contributed by atoms with Crippen molar-refractivity contribution < 1.29 is 4.74 Å². The first-order valence-corrected chi connectivity index (χ1v) is 11.9. The van der Waals surface area contributed by atoms with Gasteiger partial charge in [0.05, 0.1) is 23.0 Å². The lowest BCUT2D eigenvalue weighted by Gasteiger charge is -2.09. The van der Waals surface area contributed by atoms with E-state index in [1.54, 1.807) is 11.3 Å². The van der Waals surface area contributed by atoms with Gasteiger partial charge < -0.3 is 9.30 Å². The third-order valence-corrected chi connectivity index (χ3v) is 6.71. The number of anilines is 1. The van der Waals surface area contributed by atoms with Crippen LogP contribution in [0.2, 0.25) is 0 Å². The van der Waals surface area contributed by atoms with Crippen molar-refractivity contribution in [2.75, 3.05) is 12.0 Å². The predicted octanol–water partition coefficient (Wildman–Crippen LogP) is 6.78. The van der Waals surface area contributed by atoms with Crippen LogP contribution in [0.4, 0.5) is 5.13 Å². The summed E-state index contributed by atoms with van der Waals surface area (Å²) in [7, 11) is 0. The summed E-state index contributed by atoms with van der Waals surface area (Å²) in [6.07, 6.45) is 4.95. The zero-order valence-corrected chi connectivity index (χ0v) is 19.6. The number of para-hydroxylation sites is 2. The monoisotopic (exact) mass is 454 g/mol. The molecular weight excluding hydrogens is 428 g/mol. The van der Waals surface area contributed by atoms with E-state index in [2.05, 4.69) is 82.6 Å². The molecule has 0 bridgehead atoms. The normalized spacial score (nSPS) is 11.6. The highest BCUT2D eigenvalue weighted by atomic mass is 32.1. The van der Waals surface area contributed by atoms with Gasteiger partial charge in [0.15, 0.2) is 0 Å². The first-order valence-electron chi connectivity index (χ1n) is 11.1. The number of thiazole rings is 1. The smallest absolute Gasteiger partial charge is 0.204 e. The van der Waals surface area contributed by atoms with E-state index >= 15 is 0 Å². The number of fused-ring (bicyclic) bond motifs is 2. The molecule has 0 aliphatic carbocycles. The summed E-state index contributed by atoms with van der Waals surface area (Å²) >= 11 is 1.60. The van der Waals surface area contributed by atoms with Crippen molar-refractivity contribution in [3.8, 4) is 5.75 Å². The minimum absolute atomic E-state index is 0.678. The number of benzene rings is 3. The van der Waals surface area contributed by atoms with E-state index in [0.29, 0.717) is 6.61 Å². The Labute approximate surface area is 197 Å². The third kappa shape index (κ3) is 4.76. The Bertz CT molecular complexity index is 1400. The number of hydrazone groups is 1. The molecule has 2 aromatic heterocycles. The standard InChI is InChI=1S/C27H26N4OS/c1-19-12-13-22(16-20(19)2)32-15-7-14-31-18-21(23-8-3-5-10-25(23)31)17-28-30-27-29-24-9-4-6-11-26(24)33-27/h3-6,8-13,16-18H,7,14-15H2,1-2H3,(H,29,30). The van der Waals surface area contributed by atoms with E-state index in [0.717, 1.165) is 39.6 Å². The molecule has 0 saturated heterocycles. The van der Waals surface area contributed by atoms with Gasteiger partial charge in [-0.2, -0.15) is 5.10 Å². The highest BCUT2D eigenvalue weighted by Gasteiger charge is 2.07. The van der Waals surface area contributed by atoms with E-state index in [1.165, 1.54) is 22.0 Å². The molecule has 0 unspecified atom stereocenters. The molecule has 6 heteroatoms. The maximum Gasteiger partial charge on any atom is 0.204 e. The summed E-state index contributed by atoms with van der Waals surface area (Å²) in [6.45, 7) is 5.79. The Kier molecular flexibility index (Phi) is 6.09. The number of nitrogens with zero attached hydrogens (tertiary/aromatic N) is 3. The number of ether oxygens (including phenoxy) is 1. The van der Waals surface area contributed by atoms with Crippen LogP contribution < -0.4 is 10.2 Å². The SMILES string of the molecule is Cc1ccc(OCCCn2cc(C=NNc3nc4ccccc4s3)c3ccccc32)cc1C. The van der Waals surface area contributed by atoms with E-state index in [1.807, 2.05) is 30.5 Å². The summed E-state index contributed by atoms with van der Waals surface area (Å²) in [5, 5.41) is 6.43. The quantitative estimate of drug-likeness (QED) is 0.160. The number of aromatic nitrogens is 2. The summed E-state index contributed by atoms with van der Waals surface area (Å²) < 4.78 is 9.39. The van der Waals surface area contributed by atoms with Gasteiger partial charge in [0.25, 0.3) is 0 Å². The second kappa shape index (κ2) is 9.46. The lowest BCUT2D eigenvalue weighted by atomic mass is 10.1. The molecule has 1 N–H and O–H groups in total. The van der Waals surface area contributed by atoms with Crippen LogP contribution in [-0.4, -0.2) is 22.4 Å². The Morgan fingerprint density at radius 2 is 1.88 bits per heavy atom. The third-order valence-electron chi connectivity index (χ3n) is 5.77. The molecular formula is C27H26N4OS. The fourth-order valence-corrected chi connectivity index (χ4v) is 4.68. The topological polar surface area (TPSA) is 51.4 Å². The lowest BCUT2D eigenvalue weighted by molar-refractivity contribution is 0.302. The number of hydrogen-bond acceptors (Lipinski definition) is 5. The van der Waals surface area contributed by atoms with E-state index in [9.17, 15) is 0 Å². The largest absolute Gasteiger partial charge is 0.494 e. The average Bonchev–Trinajstić information content (AvgIpc) is 3.40. The van der Waals surface area contributed by atoms with Crippen LogP contribution >= 0.6 is 11.3 Å². The molecule has 166 valence electrons. The van der Waals surface area contributed by atoms with Gasteiger partial charge in [-0.1, -0.05) is 47.7 Å². The molecule has 0 aliphatic rings. The van der Waals surface area contributed by atoms with Gasteiger partial charge in [0.1, 0.15) is 5.75 Å². The van der Waals surface area contributed by atoms with Gasteiger partial charge in [0.2, 0.25) is 5.13 Å². The van der Waals surface area contributed by atoms with Crippen molar-refractivity contribution in [2.24, 2.45) is 5.10 Å². The van der Waals surface area contributed by atoms with Crippen molar-refractivity contribution in [3.05, 3.63) is 89.6 Å². The summed E-state index contributed by atoms with van der Waals surface area (Å²) in [6, 6.07) is 22.8. The molecule has 0 amide bonds. The predicted molar refractivity (Wildman–Crippen MR) is 139 cm³/mol. The van der Waals surface area contributed by atoms with Crippen molar-refractivity contribution in [3.63, 3.8) is 0 Å². The molecule has 0 aliphatic heterocycles. The Morgan fingerprint density at radius 3 is 2.76 bits per heavy atom. The van der Waals surface area contributed by atoms with Crippen LogP contribution in [0.3, 0.4) is 0 Å². The van der Waals surface area contributed by atoms with Crippen LogP contribution in [0, 0.1) is 13.8 Å². The van der Waals surface area contributed by atoms with Crippen LogP contribution in [0.5, 0.6) is 5.75 Å². The molecule has 3 aromatic carbocycles. The molecule has 0 fully saturated rings. The Hall–Kier alpha value is -3.64. The summed E-state index contributed by atoms with van der Waals surface area (Å²) in [4.78, 5) is 4.57. The minimum Gasteiger partial charge on any atom is -0.494 e. The van der Waals surface area contributed by atoms with Crippen LogP contribution in [0.15, 0.2) is 78.0 Å². The Balaban J connectivity index is 1.25. The highest BCUT2D eigenvalue weighted by Crippen LogP contribution is 2.26. The van der Waals surface area contributed by atoms with Crippen molar-refractivity contribution in [1.82, 2.24) is 9.55 Å². The van der Waals surface area contributed by atoms with Gasteiger partial charge in [-0.3, -0.25) is 5.43 Å². The van der Waals surface area contributed by atoms with Crippen molar-refractivity contribution >= 4 is 43.8 Å². The maximum absolute atomic E-state index is 5.97. The van der Waals surface area contributed by atoms with Crippen LogP contribution in [0.25, 0.3) is 21.1 Å². The fourth-order valence-electron chi connectivity index (χ4n) is 3.87. The summed E-state index contributed by atoms with van der Waals surface area (Å²) in [5.74, 6) is 0.934. The van der Waals surface area contributed by atoms with Crippen molar-refractivity contribution in [2.45, 2.75) is 26.8 Å².